The number of hydrogen-bond acceptors (Lipinski definition) is 1. The highest BCUT2D eigenvalue weighted by Gasteiger charge is 2.35. The van der Waals surface area contributed by atoms with Gasteiger partial charge in [0.05, 0.1) is 6.04 Å². The second-order valence-corrected chi connectivity index (χ2v) is 6.65. The largest absolute Gasteiger partial charge is 0.336 e. The quantitative estimate of drug-likeness (QED) is 0.777. The van der Waals surface area contributed by atoms with Crippen molar-refractivity contribution in [1.29, 1.82) is 0 Å². The van der Waals surface area contributed by atoms with Crippen LogP contribution in [0.3, 0.4) is 0 Å². The molecule has 0 aromatic heterocycles. The molecule has 2 nitrogen and oxygen atoms in total. The number of carbonyl (C=O) groups is 1. The predicted molar refractivity (Wildman–Crippen MR) is 94.2 cm³/mol. The van der Waals surface area contributed by atoms with E-state index in [1.165, 1.54) is 11.1 Å². The third kappa shape index (κ3) is 3.47. The van der Waals surface area contributed by atoms with Crippen LogP contribution < -0.4 is 0 Å². The highest BCUT2D eigenvalue weighted by Crippen LogP contribution is 2.34. The third-order valence-electron chi connectivity index (χ3n) is 5.11. The van der Waals surface area contributed by atoms with Crippen molar-refractivity contribution < 1.29 is 4.79 Å². The summed E-state index contributed by atoms with van der Waals surface area (Å²) in [4.78, 5) is 14.9. The van der Waals surface area contributed by atoms with E-state index >= 15 is 0 Å². The van der Waals surface area contributed by atoms with Crippen LogP contribution in [0.5, 0.6) is 0 Å². The van der Waals surface area contributed by atoms with Gasteiger partial charge in [-0.25, -0.2) is 0 Å². The molecule has 0 spiro atoms. The minimum atomic E-state index is 0.163. The van der Waals surface area contributed by atoms with Crippen molar-refractivity contribution >= 4 is 5.91 Å². The Morgan fingerprint density at radius 2 is 1.52 bits per heavy atom. The molecule has 1 heterocycles. The summed E-state index contributed by atoms with van der Waals surface area (Å²) in [5, 5.41) is 0. The Kier molecular flexibility index (Phi) is 4.80. The molecule has 0 bridgehead atoms. The van der Waals surface area contributed by atoms with Crippen LogP contribution in [0, 0.1) is 5.92 Å². The number of nitrogens with zero attached hydrogens (tertiary/aromatic N) is 1. The molecule has 1 saturated heterocycles. The summed E-state index contributed by atoms with van der Waals surface area (Å²) in [6, 6.07) is 21.0. The SMILES string of the molecule is C[C@@H](C[C@H]1CCN([C@@H](C)c2ccccc2)C1=O)c1ccccc1. The maximum atomic E-state index is 12.8. The van der Waals surface area contributed by atoms with E-state index in [0.717, 1.165) is 19.4 Å². The first-order chi connectivity index (χ1) is 11.2. The molecule has 0 N–H and O–H groups in total. The summed E-state index contributed by atoms with van der Waals surface area (Å²) in [5.41, 5.74) is 2.55. The van der Waals surface area contributed by atoms with E-state index in [9.17, 15) is 4.79 Å². The van der Waals surface area contributed by atoms with Crippen LogP contribution >= 0.6 is 0 Å². The molecule has 3 atom stereocenters. The van der Waals surface area contributed by atoms with E-state index in [2.05, 4.69) is 55.1 Å². The molecule has 120 valence electrons. The minimum Gasteiger partial charge on any atom is -0.336 e. The molecule has 23 heavy (non-hydrogen) atoms. The summed E-state index contributed by atoms with van der Waals surface area (Å²) in [6.45, 7) is 5.24. The van der Waals surface area contributed by atoms with Crippen LogP contribution in [0.15, 0.2) is 60.7 Å². The maximum Gasteiger partial charge on any atom is 0.226 e. The second kappa shape index (κ2) is 6.99. The van der Waals surface area contributed by atoms with Crippen LogP contribution in [0.1, 0.15) is 49.8 Å². The van der Waals surface area contributed by atoms with Crippen molar-refractivity contribution in [2.75, 3.05) is 6.54 Å². The van der Waals surface area contributed by atoms with Gasteiger partial charge in [-0.3, -0.25) is 4.79 Å². The average molecular weight is 307 g/mol. The van der Waals surface area contributed by atoms with Gasteiger partial charge < -0.3 is 4.90 Å². The van der Waals surface area contributed by atoms with E-state index in [1.807, 2.05) is 24.3 Å². The molecule has 1 amide bonds. The first kappa shape index (κ1) is 15.8. The lowest BCUT2D eigenvalue weighted by Crippen LogP contribution is -2.30. The third-order valence-corrected chi connectivity index (χ3v) is 5.11. The van der Waals surface area contributed by atoms with Crippen LogP contribution in [-0.4, -0.2) is 17.4 Å². The standard InChI is InChI=1S/C21H25NO/c1-16(18-9-5-3-6-10-18)15-20-13-14-22(21(20)23)17(2)19-11-7-4-8-12-19/h3-12,16-17,20H,13-15H2,1-2H3/t16-,17-,20+/m0/s1. The summed E-state index contributed by atoms with van der Waals surface area (Å²) in [6.07, 6.45) is 1.92. The lowest BCUT2D eigenvalue weighted by atomic mass is 9.89. The Morgan fingerprint density at radius 3 is 2.13 bits per heavy atom. The first-order valence-electron chi connectivity index (χ1n) is 8.57. The fourth-order valence-corrected chi connectivity index (χ4v) is 3.62. The number of likely N-dealkylation sites (tertiary alicyclic amines) is 1. The summed E-state index contributed by atoms with van der Waals surface area (Å²) < 4.78 is 0. The van der Waals surface area contributed by atoms with Gasteiger partial charge in [0.1, 0.15) is 0 Å². The van der Waals surface area contributed by atoms with Gasteiger partial charge in [-0.15, -0.1) is 0 Å². The maximum absolute atomic E-state index is 12.8. The Balaban J connectivity index is 1.65. The van der Waals surface area contributed by atoms with E-state index < -0.39 is 0 Å². The van der Waals surface area contributed by atoms with Gasteiger partial charge in [0, 0.05) is 12.5 Å². The summed E-state index contributed by atoms with van der Waals surface area (Å²) in [7, 11) is 0. The average Bonchev–Trinajstić information content (AvgIpc) is 2.96. The molecular formula is C21H25NO. The Bertz CT molecular complexity index is 637. The van der Waals surface area contributed by atoms with E-state index in [1.54, 1.807) is 0 Å². The molecule has 0 aliphatic carbocycles. The topological polar surface area (TPSA) is 20.3 Å². The molecule has 2 aromatic carbocycles. The zero-order chi connectivity index (χ0) is 16.2. The van der Waals surface area contributed by atoms with Crippen molar-refractivity contribution in [3.05, 3.63) is 71.8 Å². The van der Waals surface area contributed by atoms with Crippen molar-refractivity contribution in [1.82, 2.24) is 4.90 Å². The van der Waals surface area contributed by atoms with Gasteiger partial charge in [-0.2, -0.15) is 0 Å². The van der Waals surface area contributed by atoms with Crippen LogP contribution in [0.2, 0.25) is 0 Å². The fourth-order valence-electron chi connectivity index (χ4n) is 3.62. The summed E-state index contributed by atoms with van der Waals surface area (Å²) >= 11 is 0. The van der Waals surface area contributed by atoms with Gasteiger partial charge in [0.2, 0.25) is 5.91 Å². The number of amides is 1. The van der Waals surface area contributed by atoms with Crippen molar-refractivity contribution in [3.8, 4) is 0 Å². The number of hydrogen-bond donors (Lipinski definition) is 0. The van der Waals surface area contributed by atoms with Crippen LogP contribution in [0.25, 0.3) is 0 Å². The number of carbonyl (C=O) groups excluding carboxylic acids is 1. The molecule has 1 aliphatic heterocycles. The monoisotopic (exact) mass is 307 g/mol. The Morgan fingerprint density at radius 1 is 0.957 bits per heavy atom. The molecule has 0 saturated carbocycles. The highest BCUT2D eigenvalue weighted by atomic mass is 16.2. The molecule has 2 aromatic rings. The zero-order valence-corrected chi connectivity index (χ0v) is 14.0. The fraction of sp³-hybridized carbons (Fsp3) is 0.381. The minimum absolute atomic E-state index is 0.163. The van der Waals surface area contributed by atoms with Crippen molar-refractivity contribution in [2.45, 2.75) is 38.6 Å². The lowest BCUT2D eigenvalue weighted by molar-refractivity contribution is -0.133. The van der Waals surface area contributed by atoms with Gasteiger partial charge in [0.15, 0.2) is 0 Å². The molecule has 3 rings (SSSR count). The first-order valence-corrected chi connectivity index (χ1v) is 8.57. The Labute approximate surface area is 139 Å². The molecule has 1 fully saturated rings. The molecule has 2 heteroatoms. The number of rotatable bonds is 5. The van der Waals surface area contributed by atoms with Crippen molar-refractivity contribution in [3.63, 3.8) is 0 Å². The Hall–Kier alpha value is -2.09. The summed E-state index contributed by atoms with van der Waals surface area (Å²) in [5.74, 6) is 0.914. The highest BCUT2D eigenvalue weighted by molar-refractivity contribution is 5.81. The zero-order valence-electron chi connectivity index (χ0n) is 14.0. The predicted octanol–water partition coefficient (Wildman–Crippen LogP) is 4.79. The van der Waals surface area contributed by atoms with Gasteiger partial charge >= 0.3 is 0 Å². The van der Waals surface area contributed by atoms with Gasteiger partial charge in [-0.1, -0.05) is 67.6 Å². The molecule has 0 radical (unpaired) electrons. The normalized spacial score (nSPS) is 20.5. The van der Waals surface area contributed by atoms with E-state index in [0.29, 0.717) is 11.8 Å². The molecule has 0 unspecified atom stereocenters. The van der Waals surface area contributed by atoms with E-state index in [-0.39, 0.29) is 12.0 Å². The number of benzene rings is 2. The van der Waals surface area contributed by atoms with E-state index in [4.69, 9.17) is 0 Å². The van der Waals surface area contributed by atoms with Gasteiger partial charge in [0.25, 0.3) is 0 Å². The van der Waals surface area contributed by atoms with Crippen molar-refractivity contribution in [2.24, 2.45) is 5.92 Å². The second-order valence-electron chi connectivity index (χ2n) is 6.65. The van der Waals surface area contributed by atoms with Crippen LogP contribution in [0.4, 0.5) is 0 Å². The lowest BCUT2D eigenvalue weighted by Gasteiger charge is -2.25. The van der Waals surface area contributed by atoms with Crippen LogP contribution in [-0.2, 0) is 4.79 Å². The molecule has 1 aliphatic rings. The molecular weight excluding hydrogens is 282 g/mol. The van der Waals surface area contributed by atoms with Gasteiger partial charge in [-0.05, 0) is 36.8 Å². The smallest absolute Gasteiger partial charge is 0.226 e.